The van der Waals surface area contributed by atoms with Crippen LogP contribution in [0.3, 0.4) is 0 Å². The standard InChI is InChI=1S/C19H23N3O5/c1-2-26-16(23)15-8-19(12-21(15)9-13-6-4-3-5-7-13)17(24)22(18(25)20-19)10-14-11-27-14/h3-7,14-15H,2,8-12H2,1H3,(H,20,25)/t14?,15-,19+/m0/s1. The van der Waals surface area contributed by atoms with Gasteiger partial charge in [-0.2, -0.15) is 0 Å². The number of carbonyl (C=O) groups is 3. The molecule has 0 aliphatic carbocycles. The zero-order valence-corrected chi connectivity index (χ0v) is 15.2. The van der Waals surface area contributed by atoms with Crippen molar-refractivity contribution < 1.29 is 23.9 Å². The molecular weight excluding hydrogens is 350 g/mol. The normalized spacial score (nSPS) is 30.0. The molecule has 3 aliphatic heterocycles. The number of imide groups is 1. The lowest BCUT2D eigenvalue weighted by Crippen LogP contribution is -2.49. The molecule has 0 aromatic heterocycles. The van der Waals surface area contributed by atoms with Crippen LogP contribution >= 0.6 is 0 Å². The molecule has 3 amide bonds. The van der Waals surface area contributed by atoms with Crippen molar-refractivity contribution in [3.8, 4) is 0 Å². The number of nitrogens with one attached hydrogen (secondary N) is 1. The van der Waals surface area contributed by atoms with Crippen LogP contribution in [0, 0.1) is 0 Å². The van der Waals surface area contributed by atoms with Crippen molar-refractivity contribution in [3.63, 3.8) is 0 Å². The Morgan fingerprint density at radius 2 is 2.07 bits per heavy atom. The van der Waals surface area contributed by atoms with E-state index in [0.29, 0.717) is 13.2 Å². The number of benzene rings is 1. The van der Waals surface area contributed by atoms with Gasteiger partial charge in [-0.05, 0) is 12.5 Å². The molecule has 3 saturated heterocycles. The van der Waals surface area contributed by atoms with E-state index in [4.69, 9.17) is 9.47 Å². The van der Waals surface area contributed by atoms with Gasteiger partial charge in [0.1, 0.15) is 11.6 Å². The summed E-state index contributed by atoms with van der Waals surface area (Å²) in [6.07, 6.45) is 0.142. The number of rotatable bonds is 6. The van der Waals surface area contributed by atoms with Gasteiger partial charge in [0, 0.05) is 19.5 Å². The Bertz CT molecular complexity index is 751. The Hall–Kier alpha value is -2.45. The summed E-state index contributed by atoms with van der Waals surface area (Å²) in [7, 11) is 0. The first-order chi connectivity index (χ1) is 13.0. The predicted octanol–water partition coefficient (Wildman–Crippen LogP) is 0.513. The maximum atomic E-state index is 13.0. The SMILES string of the molecule is CCOC(=O)[C@@H]1C[C@]2(CN1Cc1ccccc1)NC(=O)N(CC1CO1)C2=O. The molecule has 3 aliphatic rings. The van der Waals surface area contributed by atoms with Crippen LogP contribution in [0.1, 0.15) is 18.9 Å². The molecule has 144 valence electrons. The fraction of sp³-hybridized carbons (Fsp3) is 0.526. The van der Waals surface area contributed by atoms with Gasteiger partial charge >= 0.3 is 12.0 Å². The average molecular weight is 373 g/mol. The van der Waals surface area contributed by atoms with E-state index in [9.17, 15) is 14.4 Å². The van der Waals surface area contributed by atoms with E-state index in [-0.39, 0.29) is 44.1 Å². The van der Waals surface area contributed by atoms with Crippen LogP contribution in [0.25, 0.3) is 0 Å². The Balaban J connectivity index is 1.56. The molecule has 27 heavy (non-hydrogen) atoms. The summed E-state index contributed by atoms with van der Waals surface area (Å²) < 4.78 is 10.4. The molecule has 1 aromatic rings. The van der Waals surface area contributed by atoms with E-state index >= 15 is 0 Å². The highest BCUT2D eigenvalue weighted by Gasteiger charge is 2.59. The van der Waals surface area contributed by atoms with E-state index in [1.54, 1.807) is 6.92 Å². The van der Waals surface area contributed by atoms with Crippen LogP contribution < -0.4 is 5.32 Å². The third-order valence-corrected chi connectivity index (χ3v) is 5.28. The molecule has 1 aromatic carbocycles. The van der Waals surface area contributed by atoms with Crippen molar-refractivity contribution in [2.75, 3.05) is 26.3 Å². The van der Waals surface area contributed by atoms with Gasteiger partial charge in [0.2, 0.25) is 0 Å². The van der Waals surface area contributed by atoms with E-state index < -0.39 is 17.6 Å². The van der Waals surface area contributed by atoms with E-state index in [0.717, 1.165) is 5.56 Å². The molecule has 0 radical (unpaired) electrons. The molecule has 1 N–H and O–H groups in total. The number of ether oxygens (including phenoxy) is 2. The first-order valence-corrected chi connectivity index (χ1v) is 9.23. The minimum Gasteiger partial charge on any atom is -0.465 e. The maximum absolute atomic E-state index is 13.0. The number of esters is 1. The number of epoxide rings is 1. The van der Waals surface area contributed by atoms with Crippen LogP contribution in [-0.4, -0.2) is 71.7 Å². The molecule has 3 heterocycles. The summed E-state index contributed by atoms with van der Waals surface area (Å²) in [4.78, 5) is 41.1. The smallest absolute Gasteiger partial charge is 0.325 e. The van der Waals surface area contributed by atoms with Crippen LogP contribution in [0.2, 0.25) is 0 Å². The molecule has 4 rings (SSSR count). The average Bonchev–Trinajstić information content (AvgIpc) is 3.36. The quantitative estimate of drug-likeness (QED) is 0.444. The third-order valence-electron chi connectivity index (χ3n) is 5.28. The van der Waals surface area contributed by atoms with Crippen LogP contribution in [-0.2, 0) is 25.6 Å². The van der Waals surface area contributed by atoms with Crippen molar-refractivity contribution in [2.24, 2.45) is 0 Å². The highest BCUT2D eigenvalue weighted by Crippen LogP contribution is 2.35. The van der Waals surface area contributed by atoms with Crippen molar-refractivity contribution >= 4 is 17.9 Å². The first-order valence-electron chi connectivity index (χ1n) is 9.23. The van der Waals surface area contributed by atoms with Crippen LogP contribution in [0.5, 0.6) is 0 Å². The summed E-state index contributed by atoms with van der Waals surface area (Å²) in [5, 5.41) is 2.84. The molecule has 8 heteroatoms. The zero-order chi connectivity index (χ0) is 19.0. The number of carbonyl (C=O) groups excluding carboxylic acids is 3. The number of likely N-dealkylation sites (tertiary alicyclic amines) is 1. The lowest BCUT2D eigenvalue weighted by atomic mass is 9.96. The fourth-order valence-corrected chi connectivity index (χ4v) is 3.90. The Morgan fingerprint density at radius 1 is 1.33 bits per heavy atom. The fourth-order valence-electron chi connectivity index (χ4n) is 3.90. The van der Waals surface area contributed by atoms with Gasteiger partial charge < -0.3 is 14.8 Å². The van der Waals surface area contributed by atoms with Crippen molar-refractivity contribution in [1.29, 1.82) is 0 Å². The topological polar surface area (TPSA) is 91.5 Å². The third kappa shape index (κ3) is 3.42. The summed E-state index contributed by atoms with van der Waals surface area (Å²) in [5.41, 5.74) is -0.0538. The zero-order valence-electron chi connectivity index (χ0n) is 15.2. The van der Waals surface area contributed by atoms with Gasteiger partial charge in [0.15, 0.2) is 0 Å². The molecular formula is C19H23N3O5. The number of amides is 3. The minimum absolute atomic E-state index is 0.0717. The highest BCUT2D eigenvalue weighted by molar-refractivity contribution is 6.08. The van der Waals surface area contributed by atoms with E-state index in [2.05, 4.69) is 5.32 Å². The Kier molecular flexibility index (Phi) is 4.61. The molecule has 1 spiro atoms. The summed E-state index contributed by atoms with van der Waals surface area (Å²) in [6.45, 7) is 3.63. The predicted molar refractivity (Wildman–Crippen MR) is 94.6 cm³/mol. The largest absolute Gasteiger partial charge is 0.465 e. The van der Waals surface area contributed by atoms with Gasteiger partial charge in [-0.25, -0.2) is 4.79 Å². The summed E-state index contributed by atoms with van der Waals surface area (Å²) in [5.74, 6) is -0.649. The van der Waals surface area contributed by atoms with Crippen molar-refractivity contribution in [3.05, 3.63) is 35.9 Å². The molecule has 0 saturated carbocycles. The van der Waals surface area contributed by atoms with Gasteiger partial charge in [-0.1, -0.05) is 30.3 Å². The Labute approximate surface area is 157 Å². The number of hydrogen-bond acceptors (Lipinski definition) is 6. The minimum atomic E-state index is -1.09. The van der Waals surface area contributed by atoms with E-state index in [1.807, 2.05) is 35.2 Å². The monoisotopic (exact) mass is 373 g/mol. The van der Waals surface area contributed by atoms with Crippen molar-refractivity contribution in [1.82, 2.24) is 15.1 Å². The first kappa shape index (κ1) is 17.9. The number of urea groups is 1. The highest BCUT2D eigenvalue weighted by atomic mass is 16.6. The van der Waals surface area contributed by atoms with Crippen molar-refractivity contribution in [2.45, 2.75) is 37.6 Å². The molecule has 8 nitrogen and oxygen atoms in total. The van der Waals surface area contributed by atoms with Crippen LogP contribution in [0.4, 0.5) is 4.79 Å². The molecule has 0 bridgehead atoms. The summed E-state index contributed by atoms with van der Waals surface area (Å²) >= 11 is 0. The molecule has 1 unspecified atom stereocenters. The molecule has 3 atom stereocenters. The Morgan fingerprint density at radius 3 is 2.74 bits per heavy atom. The molecule has 3 fully saturated rings. The lowest BCUT2D eigenvalue weighted by Gasteiger charge is -2.23. The second-order valence-electron chi connectivity index (χ2n) is 7.25. The van der Waals surface area contributed by atoms with Gasteiger partial charge in [-0.15, -0.1) is 0 Å². The second kappa shape index (κ2) is 6.94. The van der Waals surface area contributed by atoms with Gasteiger partial charge in [0.05, 0.1) is 25.9 Å². The number of nitrogens with zero attached hydrogens (tertiary/aromatic N) is 2. The lowest BCUT2D eigenvalue weighted by molar-refractivity contribution is -0.148. The van der Waals surface area contributed by atoms with Gasteiger partial charge in [-0.3, -0.25) is 19.4 Å². The van der Waals surface area contributed by atoms with E-state index in [1.165, 1.54) is 4.90 Å². The summed E-state index contributed by atoms with van der Waals surface area (Å²) in [6, 6.07) is 8.74. The number of hydrogen-bond donors (Lipinski definition) is 1. The van der Waals surface area contributed by atoms with Gasteiger partial charge in [0.25, 0.3) is 5.91 Å². The maximum Gasteiger partial charge on any atom is 0.325 e. The van der Waals surface area contributed by atoms with Crippen LogP contribution in [0.15, 0.2) is 30.3 Å². The second-order valence-corrected chi connectivity index (χ2v) is 7.25.